The Kier molecular flexibility index (Phi) is 4.75. The summed E-state index contributed by atoms with van der Waals surface area (Å²) in [4.78, 5) is 12.2. The Bertz CT molecular complexity index is 708. The minimum absolute atomic E-state index is 0.0453. The van der Waals surface area contributed by atoms with Crippen LogP contribution in [0.5, 0.6) is 0 Å². The first-order chi connectivity index (χ1) is 10.1. The number of aliphatic hydroxyl groups is 1. The van der Waals surface area contributed by atoms with Gasteiger partial charge in [-0.2, -0.15) is 5.10 Å². The molecule has 0 fully saturated rings. The Morgan fingerprint density at radius 1 is 1.48 bits per heavy atom. The number of benzene rings is 1. The summed E-state index contributed by atoms with van der Waals surface area (Å²) >= 11 is 0. The lowest BCUT2D eigenvalue weighted by Gasteiger charge is -2.04. The molecule has 1 aromatic heterocycles. The molecule has 21 heavy (non-hydrogen) atoms. The van der Waals surface area contributed by atoms with Gasteiger partial charge in [-0.25, -0.2) is 0 Å². The van der Waals surface area contributed by atoms with Crippen molar-refractivity contribution in [3.63, 3.8) is 0 Å². The zero-order valence-corrected chi connectivity index (χ0v) is 12.1. The number of nitrogens with one attached hydrogen (secondary N) is 1. The minimum Gasteiger partial charge on any atom is -0.395 e. The van der Waals surface area contributed by atoms with Gasteiger partial charge in [-0.1, -0.05) is 17.9 Å². The van der Waals surface area contributed by atoms with Crippen LogP contribution in [0.3, 0.4) is 0 Å². The molecule has 0 aliphatic heterocycles. The number of hydrogen-bond acceptors (Lipinski definition) is 3. The monoisotopic (exact) mass is 283 g/mol. The molecule has 5 heteroatoms. The van der Waals surface area contributed by atoms with Crippen LogP contribution in [-0.4, -0.2) is 27.4 Å². The molecule has 0 saturated heterocycles. The zero-order valence-electron chi connectivity index (χ0n) is 12.1. The Balaban J connectivity index is 2.13. The van der Waals surface area contributed by atoms with Crippen LogP contribution in [0.1, 0.15) is 28.0 Å². The molecule has 0 aliphatic carbocycles. The van der Waals surface area contributed by atoms with E-state index in [1.54, 1.807) is 37.0 Å². The van der Waals surface area contributed by atoms with E-state index in [-0.39, 0.29) is 12.5 Å². The summed E-state index contributed by atoms with van der Waals surface area (Å²) in [6.45, 7) is 1.84. The highest BCUT2D eigenvalue weighted by molar-refractivity contribution is 6.04. The first kappa shape index (κ1) is 14.8. The Labute approximate surface area is 123 Å². The van der Waals surface area contributed by atoms with Crippen LogP contribution in [-0.2, 0) is 7.05 Å². The lowest BCUT2D eigenvalue weighted by atomic mass is 10.2. The fourth-order valence-electron chi connectivity index (χ4n) is 1.92. The summed E-state index contributed by atoms with van der Waals surface area (Å²) in [6.07, 6.45) is 2.13. The second-order valence-corrected chi connectivity index (χ2v) is 4.61. The zero-order chi connectivity index (χ0) is 15.2. The van der Waals surface area contributed by atoms with Gasteiger partial charge in [-0.05, 0) is 25.1 Å². The molecule has 0 atom stereocenters. The second kappa shape index (κ2) is 6.73. The Hall–Kier alpha value is -2.58. The van der Waals surface area contributed by atoms with Gasteiger partial charge in [0.05, 0.1) is 17.9 Å². The van der Waals surface area contributed by atoms with Crippen LogP contribution in [0.25, 0.3) is 0 Å². The maximum atomic E-state index is 12.2. The van der Waals surface area contributed by atoms with E-state index in [4.69, 9.17) is 5.11 Å². The molecule has 5 nitrogen and oxygen atoms in total. The minimum atomic E-state index is -0.193. The third-order valence-corrected chi connectivity index (χ3v) is 2.85. The molecule has 0 aliphatic rings. The molecule has 0 unspecified atom stereocenters. The predicted octanol–water partition coefficient (Wildman–Crippen LogP) is 1.71. The van der Waals surface area contributed by atoms with Crippen LogP contribution in [0.4, 0.5) is 5.69 Å². The molecule has 2 rings (SSSR count). The molecule has 2 N–H and O–H groups in total. The summed E-state index contributed by atoms with van der Waals surface area (Å²) < 4.78 is 1.61. The van der Waals surface area contributed by atoms with E-state index in [9.17, 15) is 4.79 Å². The molecule has 2 aromatic rings. The lowest BCUT2D eigenvalue weighted by Crippen LogP contribution is -2.12. The third-order valence-electron chi connectivity index (χ3n) is 2.85. The van der Waals surface area contributed by atoms with Crippen molar-refractivity contribution in [1.82, 2.24) is 9.78 Å². The van der Waals surface area contributed by atoms with Gasteiger partial charge >= 0.3 is 0 Å². The normalized spacial score (nSPS) is 9.86. The van der Waals surface area contributed by atoms with Crippen molar-refractivity contribution < 1.29 is 9.90 Å². The topological polar surface area (TPSA) is 67.2 Å². The number of carbonyl (C=O) groups is 1. The van der Waals surface area contributed by atoms with Gasteiger partial charge in [0.1, 0.15) is 0 Å². The van der Waals surface area contributed by atoms with E-state index in [2.05, 4.69) is 22.3 Å². The van der Waals surface area contributed by atoms with Crippen LogP contribution in [0, 0.1) is 18.8 Å². The largest absolute Gasteiger partial charge is 0.395 e. The van der Waals surface area contributed by atoms with E-state index < -0.39 is 0 Å². The highest BCUT2D eigenvalue weighted by Crippen LogP contribution is 2.13. The third kappa shape index (κ3) is 3.94. The fraction of sp³-hybridized carbons (Fsp3) is 0.250. The van der Waals surface area contributed by atoms with Gasteiger partial charge in [0, 0.05) is 30.9 Å². The summed E-state index contributed by atoms with van der Waals surface area (Å²) in [5.74, 6) is 5.59. The number of aliphatic hydroxyl groups excluding tert-OH is 1. The van der Waals surface area contributed by atoms with E-state index in [0.29, 0.717) is 23.4 Å². The number of anilines is 1. The number of amides is 1. The summed E-state index contributed by atoms with van der Waals surface area (Å²) in [7, 11) is 1.78. The number of aryl methyl sites for hydroxylation is 2. The average Bonchev–Trinajstić information content (AvgIpc) is 2.78. The molecule has 108 valence electrons. The average molecular weight is 283 g/mol. The number of hydrogen-bond donors (Lipinski definition) is 2. The number of nitrogens with zero attached hydrogens (tertiary/aromatic N) is 2. The second-order valence-electron chi connectivity index (χ2n) is 4.61. The van der Waals surface area contributed by atoms with Gasteiger partial charge in [0.2, 0.25) is 0 Å². The summed E-state index contributed by atoms with van der Waals surface area (Å²) in [6, 6.07) is 7.29. The van der Waals surface area contributed by atoms with E-state index >= 15 is 0 Å². The van der Waals surface area contributed by atoms with Crippen molar-refractivity contribution in [2.24, 2.45) is 7.05 Å². The van der Waals surface area contributed by atoms with Crippen molar-refractivity contribution in [1.29, 1.82) is 0 Å². The van der Waals surface area contributed by atoms with Crippen LogP contribution < -0.4 is 5.32 Å². The predicted molar refractivity (Wildman–Crippen MR) is 80.9 cm³/mol. The van der Waals surface area contributed by atoms with Gasteiger partial charge < -0.3 is 10.4 Å². The van der Waals surface area contributed by atoms with Crippen molar-refractivity contribution in [2.75, 3.05) is 11.9 Å². The maximum absolute atomic E-state index is 12.2. The molecule has 1 amide bonds. The molecule has 1 aromatic carbocycles. The van der Waals surface area contributed by atoms with Crippen LogP contribution >= 0.6 is 0 Å². The Morgan fingerprint density at radius 3 is 2.95 bits per heavy atom. The summed E-state index contributed by atoms with van der Waals surface area (Å²) in [5.41, 5.74) is 2.71. The maximum Gasteiger partial charge on any atom is 0.259 e. The standard InChI is InChI=1S/C16H17N3O2/c1-12-15(11-19(2)18-12)16(21)17-14-8-5-7-13(10-14)6-3-4-9-20/h5,7-8,10-11,20H,4,9H2,1-2H3,(H,17,21). The first-order valence-corrected chi connectivity index (χ1v) is 6.61. The van der Waals surface area contributed by atoms with Gasteiger partial charge in [-0.15, -0.1) is 0 Å². The fourth-order valence-corrected chi connectivity index (χ4v) is 1.92. The van der Waals surface area contributed by atoms with E-state index in [0.717, 1.165) is 5.56 Å². The number of rotatable bonds is 3. The summed E-state index contributed by atoms with van der Waals surface area (Å²) in [5, 5.41) is 15.7. The molecular formula is C16H17N3O2. The first-order valence-electron chi connectivity index (χ1n) is 6.61. The van der Waals surface area contributed by atoms with E-state index in [1.165, 1.54) is 0 Å². The molecule has 1 heterocycles. The van der Waals surface area contributed by atoms with Crippen molar-refractivity contribution >= 4 is 11.6 Å². The van der Waals surface area contributed by atoms with E-state index in [1.807, 2.05) is 12.1 Å². The molecule has 0 saturated carbocycles. The van der Waals surface area contributed by atoms with Gasteiger partial charge in [0.15, 0.2) is 0 Å². The number of aromatic nitrogens is 2. The van der Waals surface area contributed by atoms with Gasteiger partial charge in [-0.3, -0.25) is 9.48 Å². The molecule has 0 spiro atoms. The van der Waals surface area contributed by atoms with Crippen LogP contribution in [0.15, 0.2) is 30.5 Å². The highest BCUT2D eigenvalue weighted by Gasteiger charge is 2.12. The quantitative estimate of drug-likeness (QED) is 0.843. The smallest absolute Gasteiger partial charge is 0.259 e. The number of carbonyl (C=O) groups excluding carboxylic acids is 1. The highest BCUT2D eigenvalue weighted by atomic mass is 16.2. The van der Waals surface area contributed by atoms with Crippen molar-refractivity contribution in [2.45, 2.75) is 13.3 Å². The van der Waals surface area contributed by atoms with Crippen molar-refractivity contribution in [3.8, 4) is 11.8 Å². The SMILES string of the molecule is Cc1nn(C)cc1C(=O)Nc1cccc(C#CCCO)c1. The molecular weight excluding hydrogens is 266 g/mol. The lowest BCUT2D eigenvalue weighted by molar-refractivity contribution is 0.102. The van der Waals surface area contributed by atoms with Crippen LogP contribution in [0.2, 0.25) is 0 Å². The molecule has 0 bridgehead atoms. The Morgan fingerprint density at radius 2 is 2.29 bits per heavy atom. The molecule has 0 radical (unpaired) electrons. The van der Waals surface area contributed by atoms with Gasteiger partial charge in [0.25, 0.3) is 5.91 Å². The van der Waals surface area contributed by atoms with Crippen molar-refractivity contribution in [3.05, 3.63) is 47.3 Å².